The molecule has 80 valence electrons. The Balaban J connectivity index is 2.32. The topological polar surface area (TPSA) is 50.1 Å². The van der Waals surface area contributed by atoms with Gasteiger partial charge >= 0.3 is 0 Å². The maximum atomic E-state index is 9.31. The smallest absolute Gasteiger partial charge is 0.0946 e. The molecule has 0 aliphatic heterocycles. The molecule has 0 amide bonds. The fraction of sp³-hybridized carbons (Fsp3) is 0.700. The Hall–Kier alpha value is -0.870. The van der Waals surface area contributed by atoms with E-state index in [2.05, 4.69) is 17.2 Å². The van der Waals surface area contributed by atoms with Gasteiger partial charge in [0.2, 0.25) is 0 Å². The zero-order valence-corrected chi connectivity index (χ0v) is 9.01. The average Bonchev–Trinajstić information content (AvgIpc) is 2.56. The van der Waals surface area contributed by atoms with Crippen LogP contribution in [-0.4, -0.2) is 32.8 Å². The lowest BCUT2D eigenvalue weighted by Crippen LogP contribution is -2.42. The van der Waals surface area contributed by atoms with Gasteiger partial charge in [-0.05, 0) is 20.8 Å². The standard InChI is InChI=1S/C10H19N3O/c1-8(12-9(2)10(3)14)6-13-5-4-11-7-13/h4-5,7-10,12,14H,6H2,1-3H3. The molecule has 14 heavy (non-hydrogen) atoms. The molecule has 0 bridgehead atoms. The molecule has 0 aromatic carbocycles. The van der Waals surface area contributed by atoms with Gasteiger partial charge in [0.1, 0.15) is 0 Å². The van der Waals surface area contributed by atoms with Gasteiger partial charge in [-0.1, -0.05) is 0 Å². The Kier molecular flexibility index (Phi) is 4.10. The van der Waals surface area contributed by atoms with Crippen LogP contribution in [0.25, 0.3) is 0 Å². The van der Waals surface area contributed by atoms with Crippen molar-refractivity contribution in [2.75, 3.05) is 0 Å². The molecule has 1 aromatic heterocycles. The first-order valence-corrected chi connectivity index (χ1v) is 4.99. The molecule has 1 heterocycles. The van der Waals surface area contributed by atoms with E-state index in [9.17, 15) is 5.11 Å². The Morgan fingerprint density at radius 2 is 2.14 bits per heavy atom. The summed E-state index contributed by atoms with van der Waals surface area (Å²) in [5.41, 5.74) is 0. The molecule has 3 unspecified atom stereocenters. The molecule has 1 rings (SSSR count). The molecule has 0 aliphatic rings. The molecule has 1 aromatic rings. The van der Waals surface area contributed by atoms with E-state index in [1.807, 2.05) is 17.7 Å². The number of hydrogen-bond donors (Lipinski definition) is 2. The number of nitrogens with one attached hydrogen (secondary N) is 1. The first-order chi connectivity index (χ1) is 6.59. The molecule has 4 heteroatoms. The normalized spacial score (nSPS) is 17.7. The average molecular weight is 197 g/mol. The van der Waals surface area contributed by atoms with Crippen LogP contribution in [0, 0.1) is 0 Å². The van der Waals surface area contributed by atoms with Crippen LogP contribution >= 0.6 is 0 Å². The second-order valence-electron chi connectivity index (χ2n) is 3.86. The molecule has 0 fully saturated rings. The molecule has 4 nitrogen and oxygen atoms in total. The van der Waals surface area contributed by atoms with Crippen LogP contribution in [0.5, 0.6) is 0 Å². The highest BCUT2D eigenvalue weighted by Crippen LogP contribution is 1.96. The van der Waals surface area contributed by atoms with Gasteiger partial charge in [0.25, 0.3) is 0 Å². The van der Waals surface area contributed by atoms with Crippen LogP contribution in [-0.2, 0) is 6.54 Å². The number of imidazole rings is 1. The minimum atomic E-state index is -0.319. The zero-order chi connectivity index (χ0) is 10.6. The van der Waals surface area contributed by atoms with Crippen molar-refractivity contribution in [1.29, 1.82) is 0 Å². The number of aliphatic hydroxyl groups excluding tert-OH is 1. The van der Waals surface area contributed by atoms with Crippen molar-refractivity contribution in [3.8, 4) is 0 Å². The van der Waals surface area contributed by atoms with E-state index in [0.717, 1.165) is 6.54 Å². The Bertz CT molecular complexity index is 246. The number of rotatable bonds is 5. The summed E-state index contributed by atoms with van der Waals surface area (Å²) in [5, 5.41) is 12.6. The summed E-state index contributed by atoms with van der Waals surface area (Å²) in [6.07, 6.45) is 5.18. The van der Waals surface area contributed by atoms with Gasteiger partial charge in [0.15, 0.2) is 0 Å². The van der Waals surface area contributed by atoms with Gasteiger partial charge in [0, 0.05) is 31.0 Å². The van der Waals surface area contributed by atoms with Crippen molar-refractivity contribution >= 4 is 0 Å². The molecule has 0 radical (unpaired) electrons. The highest BCUT2D eigenvalue weighted by atomic mass is 16.3. The van der Waals surface area contributed by atoms with Crippen molar-refractivity contribution in [3.05, 3.63) is 18.7 Å². The van der Waals surface area contributed by atoms with Crippen molar-refractivity contribution in [3.63, 3.8) is 0 Å². The van der Waals surface area contributed by atoms with Gasteiger partial charge in [-0.15, -0.1) is 0 Å². The van der Waals surface area contributed by atoms with Gasteiger partial charge in [-0.2, -0.15) is 0 Å². The first kappa shape index (κ1) is 11.2. The summed E-state index contributed by atoms with van der Waals surface area (Å²) in [4.78, 5) is 3.98. The second-order valence-corrected chi connectivity index (χ2v) is 3.86. The lowest BCUT2D eigenvalue weighted by Gasteiger charge is -2.22. The predicted molar refractivity (Wildman–Crippen MR) is 56.0 cm³/mol. The Labute approximate surface area is 85.0 Å². The van der Waals surface area contributed by atoms with E-state index in [1.165, 1.54) is 0 Å². The van der Waals surface area contributed by atoms with Crippen molar-refractivity contribution in [2.24, 2.45) is 0 Å². The van der Waals surface area contributed by atoms with E-state index in [1.54, 1.807) is 19.4 Å². The SMILES string of the molecule is CC(Cn1ccnc1)NC(C)C(C)O. The minimum absolute atomic E-state index is 0.119. The summed E-state index contributed by atoms with van der Waals surface area (Å²) in [6.45, 7) is 6.74. The molecular formula is C10H19N3O. The second kappa shape index (κ2) is 5.12. The molecule has 3 atom stereocenters. The Morgan fingerprint density at radius 3 is 2.64 bits per heavy atom. The fourth-order valence-electron chi connectivity index (χ4n) is 1.35. The van der Waals surface area contributed by atoms with E-state index < -0.39 is 0 Å². The van der Waals surface area contributed by atoms with E-state index >= 15 is 0 Å². The summed E-state index contributed by atoms with van der Waals surface area (Å²) in [7, 11) is 0. The van der Waals surface area contributed by atoms with Crippen LogP contribution in [0.2, 0.25) is 0 Å². The van der Waals surface area contributed by atoms with Gasteiger partial charge in [0.05, 0.1) is 12.4 Å². The summed E-state index contributed by atoms with van der Waals surface area (Å²) < 4.78 is 2.02. The third-order valence-corrected chi connectivity index (χ3v) is 2.31. The largest absolute Gasteiger partial charge is 0.392 e. The number of hydrogen-bond acceptors (Lipinski definition) is 3. The zero-order valence-electron chi connectivity index (χ0n) is 9.01. The maximum Gasteiger partial charge on any atom is 0.0946 e. The highest BCUT2D eigenvalue weighted by molar-refractivity contribution is 4.78. The van der Waals surface area contributed by atoms with Crippen LogP contribution in [0.1, 0.15) is 20.8 Å². The van der Waals surface area contributed by atoms with E-state index in [0.29, 0.717) is 6.04 Å². The summed E-state index contributed by atoms with van der Waals surface area (Å²) in [5.74, 6) is 0. The summed E-state index contributed by atoms with van der Waals surface area (Å²) >= 11 is 0. The van der Waals surface area contributed by atoms with E-state index in [4.69, 9.17) is 0 Å². The molecule has 0 spiro atoms. The lowest BCUT2D eigenvalue weighted by atomic mass is 10.2. The summed E-state index contributed by atoms with van der Waals surface area (Å²) in [6, 6.07) is 0.447. The van der Waals surface area contributed by atoms with Crippen molar-refractivity contribution < 1.29 is 5.11 Å². The van der Waals surface area contributed by atoms with Gasteiger partial charge in [-0.3, -0.25) is 0 Å². The Morgan fingerprint density at radius 1 is 1.43 bits per heavy atom. The van der Waals surface area contributed by atoms with Crippen molar-refractivity contribution in [1.82, 2.24) is 14.9 Å². The molecule has 2 N–H and O–H groups in total. The minimum Gasteiger partial charge on any atom is -0.392 e. The van der Waals surface area contributed by atoms with Crippen LogP contribution in [0.3, 0.4) is 0 Å². The van der Waals surface area contributed by atoms with E-state index in [-0.39, 0.29) is 12.1 Å². The number of aromatic nitrogens is 2. The van der Waals surface area contributed by atoms with Crippen LogP contribution in [0.4, 0.5) is 0 Å². The van der Waals surface area contributed by atoms with Crippen LogP contribution < -0.4 is 5.32 Å². The third-order valence-electron chi connectivity index (χ3n) is 2.31. The maximum absolute atomic E-state index is 9.31. The van der Waals surface area contributed by atoms with Gasteiger partial charge < -0.3 is 15.0 Å². The first-order valence-electron chi connectivity index (χ1n) is 4.99. The molecule has 0 saturated heterocycles. The van der Waals surface area contributed by atoms with Crippen molar-refractivity contribution in [2.45, 2.75) is 45.5 Å². The monoisotopic (exact) mass is 197 g/mol. The predicted octanol–water partition coefficient (Wildman–Crippen LogP) is 0.630. The molecular weight excluding hydrogens is 178 g/mol. The third kappa shape index (κ3) is 3.47. The highest BCUT2D eigenvalue weighted by Gasteiger charge is 2.11. The lowest BCUT2D eigenvalue weighted by molar-refractivity contribution is 0.145. The molecule has 0 saturated carbocycles. The quantitative estimate of drug-likeness (QED) is 0.728. The van der Waals surface area contributed by atoms with Gasteiger partial charge in [-0.25, -0.2) is 4.98 Å². The fourth-order valence-corrected chi connectivity index (χ4v) is 1.35. The number of aliphatic hydroxyl groups is 1. The number of nitrogens with zero attached hydrogens (tertiary/aromatic N) is 2. The van der Waals surface area contributed by atoms with Crippen LogP contribution in [0.15, 0.2) is 18.7 Å². The molecule has 0 aliphatic carbocycles.